The largest absolute Gasteiger partial charge is 0.390 e. The van der Waals surface area contributed by atoms with Crippen molar-refractivity contribution in [1.82, 2.24) is 9.88 Å². The van der Waals surface area contributed by atoms with Gasteiger partial charge in [0.1, 0.15) is 0 Å². The zero-order chi connectivity index (χ0) is 17.2. The van der Waals surface area contributed by atoms with Crippen molar-refractivity contribution < 1.29 is 19.4 Å². The number of likely N-dealkylation sites (tertiary alicyclic amines) is 1. The number of para-hydroxylation sites is 1. The Bertz CT molecular complexity index is 721. The van der Waals surface area contributed by atoms with Gasteiger partial charge in [-0.1, -0.05) is 18.2 Å². The van der Waals surface area contributed by atoms with Gasteiger partial charge in [-0.15, -0.1) is 0 Å². The van der Waals surface area contributed by atoms with Crippen LogP contribution in [0.4, 0.5) is 0 Å². The Morgan fingerprint density at radius 2 is 2.04 bits per heavy atom. The lowest BCUT2D eigenvalue weighted by atomic mass is 10.0. The molecule has 1 aliphatic rings. The van der Waals surface area contributed by atoms with Crippen LogP contribution in [0.5, 0.6) is 0 Å². The highest BCUT2D eigenvalue weighted by Crippen LogP contribution is 2.28. The third-order valence-electron chi connectivity index (χ3n) is 4.90. The molecule has 3 rings (SSSR count). The molecule has 6 nitrogen and oxygen atoms in total. The van der Waals surface area contributed by atoms with Crippen LogP contribution >= 0.6 is 0 Å². The number of hydrogen-bond acceptors (Lipinski definition) is 4. The molecule has 1 saturated heterocycles. The zero-order valence-corrected chi connectivity index (χ0v) is 14.2. The quantitative estimate of drug-likeness (QED) is 0.791. The van der Waals surface area contributed by atoms with E-state index < -0.39 is 5.79 Å². The Kier molecular flexibility index (Phi) is 4.89. The minimum atomic E-state index is -1.15. The average Bonchev–Trinajstić information content (AvgIpc) is 2.99. The lowest BCUT2D eigenvalue weighted by Gasteiger charge is -2.39. The molecule has 0 unspecified atom stereocenters. The topological polar surface area (TPSA) is 74.8 Å². The zero-order valence-electron chi connectivity index (χ0n) is 14.2. The van der Waals surface area contributed by atoms with E-state index in [0.717, 1.165) is 28.6 Å². The molecular formula is C18H24N2O4. The van der Waals surface area contributed by atoms with Gasteiger partial charge in [0, 0.05) is 50.3 Å². The fraction of sp³-hybridized carbons (Fsp3) is 0.500. The number of rotatable bonds is 6. The van der Waals surface area contributed by atoms with Crippen molar-refractivity contribution in [2.75, 3.05) is 27.3 Å². The van der Waals surface area contributed by atoms with Crippen LogP contribution in [-0.2, 0) is 27.3 Å². The maximum atomic E-state index is 12.7. The van der Waals surface area contributed by atoms with Crippen LogP contribution in [0.3, 0.4) is 0 Å². The van der Waals surface area contributed by atoms with Crippen molar-refractivity contribution in [1.29, 1.82) is 0 Å². The Morgan fingerprint density at radius 3 is 2.75 bits per heavy atom. The number of amides is 1. The lowest BCUT2D eigenvalue weighted by molar-refractivity contribution is -0.228. The summed E-state index contributed by atoms with van der Waals surface area (Å²) >= 11 is 0. The summed E-state index contributed by atoms with van der Waals surface area (Å²) in [5.74, 6) is -1.28. The Hall–Kier alpha value is -1.89. The summed E-state index contributed by atoms with van der Waals surface area (Å²) in [6.45, 7) is 1.23. The van der Waals surface area contributed by atoms with E-state index in [1.807, 2.05) is 24.3 Å². The van der Waals surface area contributed by atoms with Crippen LogP contribution in [-0.4, -0.2) is 54.0 Å². The standard InChI is InChI=1S/C18H24N2O4/c1-23-18(24-2)9-5-10-20(17(18)22)11-8-14-13-6-3-4-7-15(13)19-16(14)12-21/h3-4,6-7,19,21H,5,8-12H2,1-2H3. The molecule has 2 aromatic rings. The normalized spacial score (nSPS) is 17.6. The summed E-state index contributed by atoms with van der Waals surface area (Å²) in [6, 6.07) is 7.97. The van der Waals surface area contributed by atoms with Crippen LogP contribution in [0.15, 0.2) is 24.3 Å². The summed E-state index contributed by atoms with van der Waals surface area (Å²) in [5.41, 5.74) is 2.88. The molecule has 2 heterocycles. The van der Waals surface area contributed by atoms with Crippen LogP contribution < -0.4 is 0 Å². The number of hydrogen-bond donors (Lipinski definition) is 2. The van der Waals surface area contributed by atoms with E-state index in [4.69, 9.17) is 9.47 Å². The first-order chi connectivity index (χ1) is 11.6. The Balaban J connectivity index is 1.80. The number of carbonyl (C=O) groups excluding carboxylic acids is 1. The fourth-order valence-corrected chi connectivity index (χ4v) is 3.55. The molecule has 6 heteroatoms. The Labute approximate surface area is 141 Å². The number of aromatic nitrogens is 1. The van der Waals surface area contributed by atoms with Crippen molar-refractivity contribution >= 4 is 16.8 Å². The van der Waals surface area contributed by atoms with Crippen molar-refractivity contribution in [3.05, 3.63) is 35.5 Å². The lowest BCUT2D eigenvalue weighted by Crippen LogP contribution is -2.56. The number of carbonyl (C=O) groups is 1. The molecule has 1 aromatic heterocycles. The van der Waals surface area contributed by atoms with Crippen LogP contribution in [0.2, 0.25) is 0 Å². The van der Waals surface area contributed by atoms with E-state index in [1.165, 1.54) is 14.2 Å². The number of aliphatic hydroxyl groups excluding tert-OH is 1. The molecule has 0 spiro atoms. The van der Waals surface area contributed by atoms with Gasteiger partial charge in [0.05, 0.1) is 6.61 Å². The van der Waals surface area contributed by atoms with E-state index in [1.54, 1.807) is 4.90 Å². The maximum absolute atomic E-state index is 12.7. The van der Waals surface area contributed by atoms with Gasteiger partial charge in [-0.2, -0.15) is 0 Å². The molecule has 24 heavy (non-hydrogen) atoms. The van der Waals surface area contributed by atoms with E-state index in [-0.39, 0.29) is 12.5 Å². The molecule has 0 radical (unpaired) electrons. The third-order valence-corrected chi connectivity index (χ3v) is 4.90. The second-order valence-electron chi connectivity index (χ2n) is 6.09. The number of benzene rings is 1. The second kappa shape index (κ2) is 6.93. The van der Waals surface area contributed by atoms with Crippen LogP contribution in [0.25, 0.3) is 10.9 Å². The third kappa shape index (κ3) is 2.81. The summed E-state index contributed by atoms with van der Waals surface area (Å²) in [4.78, 5) is 17.7. The number of nitrogens with zero attached hydrogens (tertiary/aromatic N) is 1. The van der Waals surface area contributed by atoms with Crippen LogP contribution in [0.1, 0.15) is 24.1 Å². The number of aromatic amines is 1. The number of methoxy groups -OCH3 is 2. The number of piperidine rings is 1. The first-order valence-corrected chi connectivity index (χ1v) is 8.24. The number of aliphatic hydroxyl groups is 1. The molecule has 1 aliphatic heterocycles. The summed E-state index contributed by atoms with van der Waals surface area (Å²) in [7, 11) is 3.02. The molecule has 1 aromatic carbocycles. The molecule has 0 saturated carbocycles. The highest BCUT2D eigenvalue weighted by Gasteiger charge is 2.44. The summed E-state index contributed by atoms with van der Waals surface area (Å²) in [6.07, 6.45) is 2.09. The predicted molar refractivity (Wildman–Crippen MR) is 90.5 cm³/mol. The van der Waals surface area contributed by atoms with Gasteiger partial charge in [-0.3, -0.25) is 4.79 Å². The van der Waals surface area contributed by atoms with Crippen molar-refractivity contribution in [2.45, 2.75) is 31.7 Å². The highest BCUT2D eigenvalue weighted by atomic mass is 16.7. The molecule has 0 bridgehead atoms. The van der Waals surface area contributed by atoms with E-state index in [9.17, 15) is 9.90 Å². The maximum Gasteiger partial charge on any atom is 0.282 e. The number of nitrogens with one attached hydrogen (secondary N) is 1. The van der Waals surface area contributed by atoms with Gasteiger partial charge in [-0.25, -0.2) is 0 Å². The van der Waals surface area contributed by atoms with Gasteiger partial charge in [-0.05, 0) is 24.5 Å². The van der Waals surface area contributed by atoms with E-state index in [2.05, 4.69) is 4.98 Å². The number of ether oxygens (including phenoxy) is 2. The number of H-pyrrole nitrogens is 1. The highest BCUT2D eigenvalue weighted by molar-refractivity contribution is 5.86. The SMILES string of the molecule is COC1(OC)CCCN(CCc2c(CO)[nH]c3ccccc23)C1=O. The molecule has 0 atom stereocenters. The van der Waals surface area contributed by atoms with Crippen molar-refractivity contribution in [3.63, 3.8) is 0 Å². The van der Waals surface area contributed by atoms with Crippen molar-refractivity contribution in [3.8, 4) is 0 Å². The molecular weight excluding hydrogens is 308 g/mol. The van der Waals surface area contributed by atoms with Gasteiger partial charge < -0.3 is 24.5 Å². The minimum absolute atomic E-state index is 0.0436. The fourth-order valence-electron chi connectivity index (χ4n) is 3.55. The molecule has 2 N–H and O–H groups in total. The molecule has 130 valence electrons. The monoisotopic (exact) mass is 332 g/mol. The van der Waals surface area contributed by atoms with Gasteiger partial charge >= 0.3 is 0 Å². The van der Waals surface area contributed by atoms with E-state index >= 15 is 0 Å². The smallest absolute Gasteiger partial charge is 0.282 e. The average molecular weight is 332 g/mol. The molecule has 0 aliphatic carbocycles. The minimum Gasteiger partial charge on any atom is -0.390 e. The molecule has 1 amide bonds. The van der Waals surface area contributed by atoms with Gasteiger partial charge in [0.25, 0.3) is 5.91 Å². The summed E-state index contributed by atoms with van der Waals surface area (Å²) < 4.78 is 10.7. The first-order valence-electron chi connectivity index (χ1n) is 8.24. The van der Waals surface area contributed by atoms with E-state index in [0.29, 0.717) is 25.9 Å². The van der Waals surface area contributed by atoms with Gasteiger partial charge in [0.2, 0.25) is 5.79 Å². The second-order valence-corrected chi connectivity index (χ2v) is 6.09. The Morgan fingerprint density at radius 1 is 1.29 bits per heavy atom. The predicted octanol–water partition coefficient (Wildman–Crippen LogP) is 1.81. The van der Waals surface area contributed by atoms with Gasteiger partial charge in [0.15, 0.2) is 0 Å². The van der Waals surface area contributed by atoms with Crippen LogP contribution in [0, 0.1) is 0 Å². The number of fused-ring (bicyclic) bond motifs is 1. The van der Waals surface area contributed by atoms with Crippen molar-refractivity contribution in [2.24, 2.45) is 0 Å². The first kappa shape index (κ1) is 17.0. The molecule has 1 fully saturated rings. The summed E-state index contributed by atoms with van der Waals surface area (Å²) in [5, 5.41) is 10.7.